The summed E-state index contributed by atoms with van der Waals surface area (Å²) >= 11 is 0. The molecule has 6 aromatic carbocycles. The minimum atomic E-state index is -2.16. The molecule has 0 bridgehead atoms. The van der Waals surface area contributed by atoms with Crippen LogP contribution < -0.4 is 27.5 Å². The van der Waals surface area contributed by atoms with Crippen LogP contribution in [0.25, 0.3) is 0 Å². The smallest absolute Gasteiger partial charge is 0.435 e. The van der Waals surface area contributed by atoms with E-state index in [1.54, 1.807) is 4.60 Å². The van der Waals surface area contributed by atoms with Crippen LogP contribution in [0.5, 0.6) is 34.5 Å². The van der Waals surface area contributed by atoms with Crippen molar-refractivity contribution in [3.8, 4) is 34.5 Å². The normalized spacial score (nSPS) is 11.5. The Morgan fingerprint density at radius 2 is 0.644 bits per heavy atom. The fraction of sp³-hybridized carbons (Fsp3) is 0.250. The lowest BCUT2D eigenvalue weighted by atomic mass is 10.2. The summed E-state index contributed by atoms with van der Waals surface area (Å²) in [6.45, 7) is 12.8. The number of aryl methyl sites for hydroxylation is 6. The van der Waals surface area contributed by atoms with Gasteiger partial charge in [0.25, 0.3) is 0 Å². The molecule has 0 aliphatic carbocycles. The molecule has 0 saturated heterocycles. The van der Waals surface area contributed by atoms with Crippen LogP contribution in [-0.2, 0) is 38.5 Å². The van der Waals surface area contributed by atoms with E-state index in [1.165, 1.54) is 33.4 Å². The number of rotatable bonds is 21. The highest BCUT2D eigenvalue weighted by molar-refractivity contribution is 7.65. The van der Waals surface area contributed by atoms with Gasteiger partial charge in [-0.3, -0.25) is 0 Å². The maximum absolute atomic E-state index is 6.91. The van der Waals surface area contributed by atoms with Crippen LogP contribution in [-0.4, -0.2) is 4.60 Å². The Labute approximate surface area is 353 Å². The van der Waals surface area contributed by atoms with Gasteiger partial charge in [-0.05, 0) is 145 Å². The number of benzene rings is 6. The van der Waals surface area contributed by atoms with E-state index in [2.05, 4.69) is 102 Å². The van der Waals surface area contributed by atoms with Crippen LogP contribution in [0.2, 0.25) is 0 Å². The van der Waals surface area contributed by atoms with Crippen molar-refractivity contribution in [3.05, 3.63) is 179 Å². The van der Waals surface area contributed by atoms with E-state index in [-0.39, 0.29) is 0 Å². The molecule has 306 valence electrons. The second kappa shape index (κ2) is 22.4. The molecule has 0 aliphatic heterocycles. The van der Waals surface area contributed by atoms with Crippen molar-refractivity contribution in [2.45, 2.75) is 80.1 Å². The Morgan fingerprint density at radius 1 is 0.373 bits per heavy atom. The highest BCUT2D eigenvalue weighted by Gasteiger charge is 2.44. The predicted octanol–water partition coefficient (Wildman–Crippen LogP) is 15.0. The first-order valence-electron chi connectivity index (χ1n) is 20.4. The summed E-state index contributed by atoms with van der Waals surface area (Å²) in [6, 6.07) is 48.0. The Bertz CT molecular complexity index is 2080. The molecule has 0 radical (unpaired) electrons. The fourth-order valence-corrected chi connectivity index (χ4v) is 10.2. The first-order valence-corrected chi connectivity index (χ1v) is 23.8. The summed E-state index contributed by atoms with van der Waals surface area (Å²) < 4.78 is 40.7. The molecule has 8 nitrogen and oxygen atoms in total. The van der Waals surface area contributed by atoms with Crippen LogP contribution >= 0.6 is 25.1 Å². The fourth-order valence-electron chi connectivity index (χ4n) is 5.69. The first-order chi connectivity index (χ1) is 28.9. The van der Waals surface area contributed by atoms with Gasteiger partial charge in [0.15, 0.2) is 11.5 Å². The Balaban J connectivity index is 1.51. The minimum Gasteiger partial charge on any atom is -0.435 e. The lowest BCUT2D eigenvalue weighted by molar-refractivity contribution is 0.108. The monoisotopic (exact) mass is 847 g/mol. The lowest BCUT2D eigenvalue weighted by Crippen LogP contribution is -2.23. The Kier molecular flexibility index (Phi) is 16.6. The van der Waals surface area contributed by atoms with Gasteiger partial charge in [-0.2, -0.15) is 0 Å². The summed E-state index contributed by atoms with van der Waals surface area (Å²) in [4.78, 5) is 6.87. The molecule has 0 spiro atoms. The average molecular weight is 848 g/mol. The summed E-state index contributed by atoms with van der Waals surface area (Å²) in [7, 11) is -6.33. The summed E-state index contributed by atoms with van der Waals surface area (Å²) in [6.07, 6.45) is 5.41. The molecule has 0 N–H and O–H groups in total. The second-order valence-corrected chi connectivity index (χ2v) is 17.7. The summed E-state index contributed by atoms with van der Waals surface area (Å²) in [5, 5.41) is 0. The molecule has 0 aromatic heterocycles. The van der Waals surface area contributed by atoms with E-state index in [0.29, 0.717) is 34.5 Å². The van der Waals surface area contributed by atoms with Gasteiger partial charge < -0.3 is 18.4 Å². The van der Waals surface area contributed by atoms with Gasteiger partial charge in [0.1, 0.15) is 23.0 Å². The predicted molar refractivity (Wildman–Crippen MR) is 244 cm³/mol. The van der Waals surface area contributed by atoms with Crippen LogP contribution in [0.1, 0.15) is 74.9 Å². The minimum absolute atomic E-state index is 0.564. The molecule has 1 unspecified atom stereocenters. The van der Waals surface area contributed by atoms with Crippen LogP contribution in [0.3, 0.4) is 0 Å². The van der Waals surface area contributed by atoms with Crippen molar-refractivity contribution in [2.24, 2.45) is 4.52 Å². The van der Waals surface area contributed by atoms with Gasteiger partial charge in [0, 0.05) is 4.60 Å². The molecule has 0 aliphatic rings. The van der Waals surface area contributed by atoms with Gasteiger partial charge in [0.2, 0.25) is 0 Å². The van der Waals surface area contributed by atoms with Crippen molar-refractivity contribution in [3.63, 3.8) is 0 Å². The highest BCUT2D eigenvalue weighted by Crippen LogP contribution is 2.61. The number of nitrogens with zero attached hydrogens (tertiary/aromatic N) is 2. The second-order valence-electron chi connectivity index (χ2n) is 13.6. The van der Waals surface area contributed by atoms with E-state index < -0.39 is 25.1 Å². The molecule has 0 fully saturated rings. The zero-order valence-corrected chi connectivity index (χ0v) is 37.5. The van der Waals surface area contributed by atoms with Crippen LogP contribution in [0, 0.1) is 0 Å². The number of hydrogen-bond donors (Lipinski definition) is 0. The van der Waals surface area contributed by atoms with Crippen molar-refractivity contribution < 1.29 is 27.5 Å². The SMILES string of the molecule is CCc1ccc(ON(P(N=[P+](Oc2ccc(CC)cc2)Oc2ccc(CC)cc2)Oc2ccc(CC)cc2)P(Oc2ccc(CC)cc2)Oc2ccc(CC)cc2)cc1. The molecule has 1 atom stereocenters. The third-order valence-electron chi connectivity index (χ3n) is 9.53. The highest BCUT2D eigenvalue weighted by atomic mass is 31.2. The van der Waals surface area contributed by atoms with E-state index in [1.807, 2.05) is 84.9 Å². The summed E-state index contributed by atoms with van der Waals surface area (Å²) in [5.74, 6) is 3.61. The molecule has 11 heteroatoms. The molecule has 0 saturated carbocycles. The van der Waals surface area contributed by atoms with Crippen molar-refractivity contribution in [1.82, 2.24) is 4.60 Å². The molecular weight excluding hydrogens is 793 g/mol. The van der Waals surface area contributed by atoms with E-state index in [4.69, 9.17) is 32.0 Å². The number of hydrogen-bond acceptors (Lipinski definition) is 8. The molecule has 6 aromatic rings. The molecular formula is C48H54N2O6P3+. The lowest BCUT2D eigenvalue weighted by Gasteiger charge is -2.29. The van der Waals surface area contributed by atoms with Crippen molar-refractivity contribution in [1.29, 1.82) is 0 Å². The van der Waals surface area contributed by atoms with Gasteiger partial charge >= 0.3 is 25.1 Å². The van der Waals surface area contributed by atoms with Gasteiger partial charge in [-0.15, -0.1) is 0 Å². The largest absolute Gasteiger partial charge is 0.676 e. The maximum atomic E-state index is 6.91. The van der Waals surface area contributed by atoms with E-state index in [9.17, 15) is 0 Å². The van der Waals surface area contributed by atoms with E-state index >= 15 is 0 Å². The molecule has 0 amide bonds. The summed E-state index contributed by atoms with van der Waals surface area (Å²) in [5.41, 5.74) is 7.14. The van der Waals surface area contributed by atoms with Crippen LogP contribution in [0.4, 0.5) is 0 Å². The van der Waals surface area contributed by atoms with Crippen LogP contribution in [0.15, 0.2) is 150 Å². The Morgan fingerprint density at radius 3 is 0.949 bits per heavy atom. The molecule has 6 rings (SSSR count). The molecule has 0 heterocycles. The third-order valence-corrected chi connectivity index (χ3v) is 14.2. The Hall–Kier alpha value is -4.96. The van der Waals surface area contributed by atoms with Crippen molar-refractivity contribution in [2.75, 3.05) is 0 Å². The quantitative estimate of drug-likeness (QED) is 0.0528. The zero-order valence-electron chi connectivity index (χ0n) is 34.8. The molecule has 59 heavy (non-hydrogen) atoms. The van der Waals surface area contributed by atoms with E-state index in [0.717, 1.165) is 38.5 Å². The topological polar surface area (TPSA) is 71.0 Å². The third kappa shape index (κ3) is 13.0. The van der Waals surface area contributed by atoms with Gasteiger partial charge in [-0.1, -0.05) is 114 Å². The standard InChI is InChI=1S/C48H54N2O6P3/c1-7-37-13-25-43(26-14-37)51-50(59(55-47-33-21-41(11-5)22-34-47)56-48-35-23-42(12-6)24-36-48)57(52-44-27-15-38(8-2)16-28-44)49-58(53-45-29-17-39(9-3)18-30-45)54-46-31-19-40(10-4)20-32-46/h13-36H,7-12H2,1-6H3/q+1. The maximum Gasteiger partial charge on any atom is 0.676 e. The zero-order chi connectivity index (χ0) is 41.4. The average Bonchev–Trinajstić information content (AvgIpc) is 3.29. The van der Waals surface area contributed by atoms with Gasteiger partial charge in [0.05, 0.1) is 4.52 Å². The van der Waals surface area contributed by atoms with Crippen molar-refractivity contribution >= 4 is 25.1 Å². The van der Waals surface area contributed by atoms with Gasteiger partial charge in [-0.25, -0.2) is 9.05 Å². The first kappa shape index (κ1) is 43.6.